The Morgan fingerprint density at radius 2 is 2.07 bits per heavy atom. The van der Waals surface area contributed by atoms with E-state index in [-0.39, 0.29) is 11.9 Å². The van der Waals surface area contributed by atoms with Gasteiger partial charge in [-0.1, -0.05) is 31.2 Å². The summed E-state index contributed by atoms with van der Waals surface area (Å²) in [7, 11) is 0. The molecule has 1 unspecified atom stereocenters. The van der Waals surface area contributed by atoms with Gasteiger partial charge >= 0.3 is 0 Å². The summed E-state index contributed by atoms with van der Waals surface area (Å²) in [6.07, 6.45) is 0.538. The summed E-state index contributed by atoms with van der Waals surface area (Å²) in [4.78, 5) is 11.2. The molecule has 0 spiro atoms. The molecule has 1 aromatic carbocycles. The summed E-state index contributed by atoms with van der Waals surface area (Å²) in [5.41, 5.74) is 2.41. The smallest absolute Gasteiger partial charge is 0.220 e. The molecular weight excluding hydrogens is 174 g/mol. The summed E-state index contributed by atoms with van der Waals surface area (Å²) in [6, 6.07) is 8.22. The van der Waals surface area contributed by atoms with E-state index in [1.54, 1.807) is 0 Å². The molecule has 0 fully saturated rings. The lowest BCUT2D eigenvalue weighted by molar-refractivity contribution is -0.121. The van der Waals surface area contributed by atoms with Crippen molar-refractivity contribution in [1.29, 1.82) is 0 Å². The van der Waals surface area contributed by atoms with E-state index in [9.17, 15) is 4.79 Å². The highest BCUT2D eigenvalue weighted by atomic mass is 16.1. The number of aryl methyl sites for hydroxylation is 1. The van der Waals surface area contributed by atoms with Gasteiger partial charge in [-0.25, -0.2) is 0 Å². The molecule has 0 aliphatic carbocycles. The van der Waals surface area contributed by atoms with Gasteiger partial charge in [0.05, 0.1) is 6.04 Å². The van der Waals surface area contributed by atoms with Crippen LogP contribution in [0.1, 0.15) is 37.4 Å². The normalized spacial score (nSPS) is 12.2. The van der Waals surface area contributed by atoms with Gasteiger partial charge in [-0.3, -0.25) is 4.79 Å². The third-order valence-electron chi connectivity index (χ3n) is 2.35. The van der Waals surface area contributed by atoms with Crippen molar-refractivity contribution in [1.82, 2.24) is 5.32 Å². The average Bonchev–Trinajstić information content (AvgIpc) is 2.18. The SMILES string of the molecule is CCC(=O)NC(C)c1ccccc1C. The number of carbonyl (C=O) groups excluding carboxylic acids is 1. The van der Waals surface area contributed by atoms with Crippen molar-refractivity contribution in [3.05, 3.63) is 35.4 Å². The van der Waals surface area contributed by atoms with Gasteiger partial charge in [-0.05, 0) is 25.0 Å². The first-order chi connectivity index (χ1) is 6.65. The summed E-state index contributed by atoms with van der Waals surface area (Å²) in [6.45, 7) is 5.93. The molecule has 1 N–H and O–H groups in total. The van der Waals surface area contributed by atoms with Crippen LogP contribution in [0.4, 0.5) is 0 Å². The molecule has 0 saturated heterocycles. The lowest BCUT2D eigenvalue weighted by Crippen LogP contribution is -2.26. The van der Waals surface area contributed by atoms with Crippen LogP contribution in [0.5, 0.6) is 0 Å². The van der Waals surface area contributed by atoms with Crippen LogP contribution >= 0.6 is 0 Å². The molecule has 1 amide bonds. The second kappa shape index (κ2) is 4.80. The van der Waals surface area contributed by atoms with Crippen LogP contribution in [0.15, 0.2) is 24.3 Å². The fourth-order valence-electron chi connectivity index (χ4n) is 1.49. The van der Waals surface area contributed by atoms with Gasteiger partial charge in [0.15, 0.2) is 0 Å². The van der Waals surface area contributed by atoms with E-state index in [1.165, 1.54) is 11.1 Å². The zero-order valence-electron chi connectivity index (χ0n) is 9.00. The maximum absolute atomic E-state index is 11.2. The van der Waals surface area contributed by atoms with Gasteiger partial charge in [-0.15, -0.1) is 0 Å². The third kappa shape index (κ3) is 2.59. The highest BCUT2D eigenvalue weighted by molar-refractivity contribution is 5.76. The number of benzene rings is 1. The monoisotopic (exact) mass is 191 g/mol. The molecular formula is C12H17NO. The van der Waals surface area contributed by atoms with Gasteiger partial charge in [0.2, 0.25) is 5.91 Å². The fraction of sp³-hybridized carbons (Fsp3) is 0.417. The van der Waals surface area contributed by atoms with Crippen molar-refractivity contribution in [3.8, 4) is 0 Å². The Morgan fingerprint density at radius 1 is 1.43 bits per heavy atom. The van der Waals surface area contributed by atoms with E-state index in [0.717, 1.165) is 0 Å². The lowest BCUT2D eigenvalue weighted by atomic mass is 10.0. The molecule has 1 aromatic rings. The van der Waals surface area contributed by atoms with Gasteiger partial charge in [-0.2, -0.15) is 0 Å². The van der Waals surface area contributed by atoms with E-state index < -0.39 is 0 Å². The Morgan fingerprint density at radius 3 is 2.64 bits per heavy atom. The molecule has 0 bridgehead atoms. The standard InChI is InChI=1S/C12H17NO/c1-4-12(14)13-10(3)11-8-6-5-7-9(11)2/h5-8,10H,4H2,1-3H3,(H,13,14). The zero-order valence-corrected chi connectivity index (χ0v) is 9.00. The van der Waals surface area contributed by atoms with E-state index in [1.807, 2.05) is 26.0 Å². The second-order valence-electron chi connectivity index (χ2n) is 3.50. The Kier molecular flexibility index (Phi) is 3.69. The molecule has 0 aromatic heterocycles. The summed E-state index contributed by atoms with van der Waals surface area (Å²) in [5, 5.41) is 2.95. The van der Waals surface area contributed by atoms with Crippen LogP contribution in [-0.2, 0) is 4.79 Å². The van der Waals surface area contributed by atoms with Crippen LogP contribution in [0.25, 0.3) is 0 Å². The Labute approximate surface area is 85.3 Å². The topological polar surface area (TPSA) is 29.1 Å². The first-order valence-electron chi connectivity index (χ1n) is 5.00. The molecule has 2 nitrogen and oxygen atoms in total. The number of nitrogens with one attached hydrogen (secondary N) is 1. The molecule has 2 heteroatoms. The Balaban J connectivity index is 2.74. The molecule has 0 aliphatic rings. The Bertz CT molecular complexity index is 320. The molecule has 0 aliphatic heterocycles. The van der Waals surface area contributed by atoms with E-state index >= 15 is 0 Å². The maximum Gasteiger partial charge on any atom is 0.220 e. The number of hydrogen-bond acceptors (Lipinski definition) is 1. The largest absolute Gasteiger partial charge is 0.350 e. The Hall–Kier alpha value is -1.31. The number of hydrogen-bond donors (Lipinski definition) is 1. The summed E-state index contributed by atoms with van der Waals surface area (Å²) >= 11 is 0. The molecule has 0 radical (unpaired) electrons. The molecule has 76 valence electrons. The van der Waals surface area contributed by atoms with Gasteiger partial charge in [0.25, 0.3) is 0 Å². The highest BCUT2D eigenvalue weighted by Crippen LogP contribution is 2.16. The number of carbonyl (C=O) groups is 1. The quantitative estimate of drug-likeness (QED) is 0.781. The zero-order chi connectivity index (χ0) is 10.6. The van der Waals surface area contributed by atoms with Crippen molar-refractivity contribution in [2.45, 2.75) is 33.2 Å². The molecule has 0 heterocycles. The second-order valence-corrected chi connectivity index (χ2v) is 3.50. The molecule has 1 rings (SSSR count). The summed E-state index contributed by atoms with van der Waals surface area (Å²) in [5.74, 6) is 0.0979. The van der Waals surface area contributed by atoms with Gasteiger partial charge in [0, 0.05) is 6.42 Å². The summed E-state index contributed by atoms with van der Waals surface area (Å²) < 4.78 is 0. The third-order valence-corrected chi connectivity index (χ3v) is 2.35. The maximum atomic E-state index is 11.2. The predicted molar refractivity (Wildman–Crippen MR) is 58.0 cm³/mol. The molecule has 1 atom stereocenters. The van der Waals surface area contributed by atoms with Crippen molar-refractivity contribution >= 4 is 5.91 Å². The minimum atomic E-state index is 0.0979. The van der Waals surface area contributed by atoms with Crippen LogP contribution in [0.2, 0.25) is 0 Å². The van der Waals surface area contributed by atoms with E-state index in [0.29, 0.717) is 6.42 Å². The molecule has 0 saturated carbocycles. The van der Waals surface area contributed by atoms with Crippen LogP contribution in [-0.4, -0.2) is 5.91 Å². The van der Waals surface area contributed by atoms with Crippen molar-refractivity contribution in [3.63, 3.8) is 0 Å². The average molecular weight is 191 g/mol. The molecule has 14 heavy (non-hydrogen) atoms. The van der Waals surface area contributed by atoms with E-state index in [4.69, 9.17) is 0 Å². The van der Waals surface area contributed by atoms with Crippen LogP contribution in [0, 0.1) is 6.92 Å². The first kappa shape index (κ1) is 10.8. The minimum Gasteiger partial charge on any atom is -0.350 e. The van der Waals surface area contributed by atoms with E-state index in [2.05, 4.69) is 24.4 Å². The first-order valence-corrected chi connectivity index (χ1v) is 5.00. The van der Waals surface area contributed by atoms with Crippen LogP contribution < -0.4 is 5.32 Å². The number of rotatable bonds is 3. The minimum absolute atomic E-state index is 0.0979. The fourth-order valence-corrected chi connectivity index (χ4v) is 1.49. The van der Waals surface area contributed by atoms with Gasteiger partial charge < -0.3 is 5.32 Å². The van der Waals surface area contributed by atoms with Crippen molar-refractivity contribution in [2.75, 3.05) is 0 Å². The lowest BCUT2D eigenvalue weighted by Gasteiger charge is -2.15. The predicted octanol–water partition coefficient (Wildman–Crippen LogP) is 2.58. The number of amides is 1. The van der Waals surface area contributed by atoms with Crippen LogP contribution in [0.3, 0.4) is 0 Å². The van der Waals surface area contributed by atoms with Crippen molar-refractivity contribution < 1.29 is 4.79 Å². The highest BCUT2D eigenvalue weighted by Gasteiger charge is 2.09. The van der Waals surface area contributed by atoms with Crippen molar-refractivity contribution in [2.24, 2.45) is 0 Å². The van der Waals surface area contributed by atoms with Gasteiger partial charge in [0.1, 0.15) is 0 Å².